The molecule has 0 spiro atoms. The fourth-order valence-corrected chi connectivity index (χ4v) is 2.74. The van der Waals surface area contributed by atoms with Crippen LogP contribution in [0.25, 0.3) is 0 Å². The minimum atomic E-state index is -0.417. The number of nitrogens with zero attached hydrogens (tertiary/aromatic N) is 1. The van der Waals surface area contributed by atoms with E-state index in [2.05, 4.69) is 5.32 Å². The Balaban J connectivity index is 2.29. The first-order valence-corrected chi connectivity index (χ1v) is 8.04. The number of hydrogen-bond donors (Lipinski definition) is 1. The average molecular weight is 292 g/mol. The van der Waals surface area contributed by atoms with E-state index in [1.165, 1.54) is 0 Å². The Labute approximate surface area is 123 Å². The number of hydrogen-bond acceptors (Lipinski definition) is 3. The molecule has 0 aromatic heterocycles. The Morgan fingerprint density at radius 1 is 1.45 bits per heavy atom. The van der Waals surface area contributed by atoms with Crippen molar-refractivity contribution >= 4 is 29.3 Å². The van der Waals surface area contributed by atoms with Crippen LogP contribution < -0.4 is 10.2 Å². The van der Waals surface area contributed by atoms with E-state index in [9.17, 15) is 9.59 Å². The molecule has 1 heterocycles. The molecule has 20 heavy (non-hydrogen) atoms. The Morgan fingerprint density at radius 3 is 2.85 bits per heavy atom. The first-order chi connectivity index (χ1) is 9.56. The maximum absolute atomic E-state index is 12.6. The highest BCUT2D eigenvalue weighted by Gasteiger charge is 2.36. The highest BCUT2D eigenvalue weighted by molar-refractivity contribution is 7.98. The van der Waals surface area contributed by atoms with E-state index >= 15 is 0 Å². The highest BCUT2D eigenvalue weighted by atomic mass is 32.2. The smallest absolute Gasteiger partial charge is 0.250 e. The number of nitrogens with one attached hydrogen (secondary N) is 1. The minimum Gasteiger partial charge on any atom is -0.342 e. The van der Waals surface area contributed by atoms with Crippen molar-refractivity contribution in [2.45, 2.75) is 31.2 Å². The van der Waals surface area contributed by atoms with Crippen LogP contribution in [0.15, 0.2) is 29.2 Å². The molecule has 0 saturated carbocycles. The van der Waals surface area contributed by atoms with Crippen molar-refractivity contribution in [2.75, 3.05) is 17.7 Å². The van der Waals surface area contributed by atoms with Gasteiger partial charge in [-0.25, -0.2) is 0 Å². The van der Waals surface area contributed by atoms with Gasteiger partial charge < -0.3 is 10.2 Å². The van der Waals surface area contributed by atoms with Gasteiger partial charge in [0.1, 0.15) is 12.6 Å². The third-order valence-electron chi connectivity index (χ3n) is 3.73. The number of carbonyl (C=O) groups is 2. The molecular formula is C15H20N2O2S. The molecule has 1 saturated heterocycles. The second-order valence-corrected chi connectivity index (χ2v) is 5.94. The molecule has 5 heteroatoms. The summed E-state index contributed by atoms with van der Waals surface area (Å²) >= 11 is 1.62. The number of rotatable bonds is 4. The number of benzene rings is 1. The van der Waals surface area contributed by atoms with Crippen LogP contribution in [0.2, 0.25) is 0 Å². The van der Waals surface area contributed by atoms with E-state index in [4.69, 9.17) is 0 Å². The van der Waals surface area contributed by atoms with Gasteiger partial charge >= 0.3 is 0 Å². The second kappa shape index (κ2) is 6.31. The van der Waals surface area contributed by atoms with Gasteiger partial charge in [-0.3, -0.25) is 9.59 Å². The number of thioether (sulfide) groups is 1. The van der Waals surface area contributed by atoms with E-state index in [1.807, 2.05) is 44.4 Å². The van der Waals surface area contributed by atoms with Crippen LogP contribution in [0.3, 0.4) is 0 Å². The Bertz CT molecular complexity index is 518. The maximum Gasteiger partial charge on any atom is 0.250 e. The first kappa shape index (κ1) is 14.9. The number of anilines is 1. The summed E-state index contributed by atoms with van der Waals surface area (Å²) in [7, 11) is 0. The van der Waals surface area contributed by atoms with Crippen LogP contribution in [-0.2, 0) is 9.59 Å². The molecule has 1 aliphatic heterocycles. The zero-order chi connectivity index (χ0) is 14.7. The van der Waals surface area contributed by atoms with Crippen LogP contribution in [0.1, 0.15) is 20.3 Å². The molecule has 1 aromatic rings. The summed E-state index contributed by atoms with van der Waals surface area (Å²) in [6.45, 7) is 4.12. The molecule has 2 atom stereocenters. The lowest BCUT2D eigenvalue weighted by molar-refractivity contribution is -0.132. The largest absolute Gasteiger partial charge is 0.342 e. The summed E-state index contributed by atoms with van der Waals surface area (Å²) in [5.41, 5.74) is 0.796. The van der Waals surface area contributed by atoms with Crippen molar-refractivity contribution in [1.29, 1.82) is 0 Å². The molecule has 2 amide bonds. The predicted octanol–water partition coefficient (Wildman–Crippen LogP) is 2.29. The van der Waals surface area contributed by atoms with Gasteiger partial charge in [0.05, 0.1) is 0 Å². The SMILES string of the molecule is CCC(C)C1NC(=O)CN(c2cccc(SC)c2)C1=O. The molecule has 0 aliphatic carbocycles. The maximum atomic E-state index is 12.6. The Kier molecular flexibility index (Phi) is 4.70. The van der Waals surface area contributed by atoms with Gasteiger partial charge in [0.15, 0.2) is 0 Å². The standard InChI is InChI=1S/C15H20N2O2S/c1-4-10(2)14-15(19)17(9-13(18)16-14)11-6-5-7-12(8-11)20-3/h5-8,10,14H,4,9H2,1-3H3,(H,16,18). The number of carbonyl (C=O) groups excluding carboxylic acids is 2. The molecule has 1 aromatic carbocycles. The Morgan fingerprint density at radius 2 is 2.20 bits per heavy atom. The van der Waals surface area contributed by atoms with Gasteiger partial charge in [0, 0.05) is 10.6 Å². The lowest BCUT2D eigenvalue weighted by atomic mass is 9.96. The van der Waals surface area contributed by atoms with Crippen LogP contribution in [-0.4, -0.2) is 30.7 Å². The monoisotopic (exact) mass is 292 g/mol. The quantitative estimate of drug-likeness (QED) is 0.866. The lowest BCUT2D eigenvalue weighted by Crippen LogP contribution is -2.60. The normalized spacial score (nSPS) is 20.8. The topological polar surface area (TPSA) is 49.4 Å². The second-order valence-electron chi connectivity index (χ2n) is 5.06. The van der Waals surface area contributed by atoms with Crippen molar-refractivity contribution in [2.24, 2.45) is 5.92 Å². The van der Waals surface area contributed by atoms with Crippen LogP contribution >= 0.6 is 11.8 Å². The van der Waals surface area contributed by atoms with Gasteiger partial charge in [-0.1, -0.05) is 26.3 Å². The average Bonchev–Trinajstić information content (AvgIpc) is 2.48. The van der Waals surface area contributed by atoms with Crippen molar-refractivity contribution in [3.63, 3.8) is 0 Å². The highest BCUT2D eigenvalue weighted by Crippen LogP contribution is 2.25. The van der Waals surface area contributed by atoms with E-state index < -0.39 is 6.04 Å². The van der Waals surface area contributed by atoms with E-state index in [0.29, 0.717) is 0 Å². The number of amides is 2. The first-order valence-electron chi connectivity index (χ1n) is 6.81. The van der Waals surface area contributed by atoms with Gasteiger partial charge in [0.25, 0.3) is 0 Å². The van der Waals surface area contributed by atoms with Crippen molar-refractivity contribution in [1.82, 2.24) is 5.32 Å². The molecule has 0 radical (unpaired) electrons. The summed E-state index contributed by atoms with van der Waals surface area (Å²) < 4.78 is 0. The summed E-state index contributed by atoms with van der Waals surface area (Å²) in [5.74, 6) is 0.0274. The third-order valence-corrected chi connectivity index (χ3v) is 4.45. The van der Waals surface area contributed by atoms with E-state index in [1.54, 1.807) is 16.7 Å². The fraction of sp³-hybridized carbons (Fsp3) is 0.467. The van der Waals surface area contributed by atoms with E-state index in [-0.39, 0.29) is 24.3 Å². The molecule has 1 N–H and O–H groups in total. The van der Waals surface area contributed by atoms with Gasteiger partial charge in [-0.2, -0.15) is 0 Å². The molecule has 2 unspecified atom stereocenters. The van der Waals surface area contributed by atoms with Crippen LogP contribution in [0.5, 0.6) is 0 Å². The van der Waals surface area contributed by atoms with Crippen LogP contribution in [0.4, 0.5) is 5.69 Å². The summed E-state index contributed by atoms with van der Waals surface area (Å²) in [5, 5.41) is 2.81. The molecule has 0 bridgehead atoms. The Hall–Kier alpha value is -1.49. The van der Waals surface area contributed by atoms with E-state index in [0.717, 1.165) is 17.0 Å². The third kappa shape index (κ3) is 2.98. The molecule has 108 valence electrons. The van der Waals surface area contributed by atoms with Gasteiger partial charge in [0.2, 0.25) is 11.8 Å². The van der Waals surface area contributed by atoms with Crippen molar-refractivity contribution < 1.29 is 9.59 Å². The summed E-state index contributed by atoms with van der Waals surface area (Å²) in [6, 6.07) is 7.33. The summed E-state index contributed by atoms with van der Waals surface area (Å²) in [6.07, 6.45) is 2.85. The van der Waals surface area contributed by atoms with Crippen molar-refractivity contribution in [3.05, 3.63) is 24.3 Å². The molecule has 2 rings (SSSR count). The van der Waals surface area contributed by atoms with Crippen LogP contribution in [0, 0.1) is 5.92 Å². The van der Waals surface area contributed by atoms with Gasteiger partial charge in [-0.15, -0.1) is 11.8 Å². The summed E-state index contributed by atoms with van der Waals surface area (Å²) in [4.78, 5) is 27.1. The lowest BCUT2D eigenvalue weighted by Gasteiger charge is -2.35. The molecule has 1 aliphatic rings. The molecular weight excluding hydrogens is 272 g/mol. The number of piperazine rings is 1. The fourth-order valence-electron chi connectivity index (χ4n) is 2.29. The minimum absolute atomic E-state index is 0.0165. The van der Waals surface area contributed by atoms with Crippen molar-refractivity contribution in [3.8, 4) is 0 Å². The zero-order valence-electron chi connectivity index (χ0n) is 12.1. The zero-order valence-corrected chi connectivity index (χ0v) is 12.9. The molecule has 4 nitrogen and oxygen atoms in total. The van der Waals surface area contributed by atoms with Gasteiger partial charge in [-0.05, 0) is 30.4 Å². The predicted molar refractivity (Wildman–Crippen MR) is 82.0 cm³/mol. The molecule has 1 fully saturated rings.